The van der Waals surface area contributed by atoms with Crippen LogP contribution >= 0.6 is 0 Å². The summed E-state index contributed by atoms with van der Waals surface area (Å²) in [5.41, 5.74) is 1.78. The maximum atomic E-state index is 10.0. The van der Waals surface area contributed by atoms with Gasteiger partial charge in [-0.05, 0) is 43.9 Å². The van der Waals surface area contributed by atoms with Crippen LogP contribution in [-0.4, -0.2) is 11.2 Å². The van der Waals surface area contributed by atoms with E-state index in [-0.39, 0.29) is 11.5 Å². The van der Waals surface area contributed by atoms with E-state index >= 15 is 0 Å². The highest BCUT2D eigenvalue weighted by Gasteiger charge is 2.60. The molecule has 2 bridgehead atoms. The van der Waals surface area contributed by atoms with Gasteiger partial charge in [0, 0.05) is 5.41 Å². The van der Waals surface area contributed by atoms with Crippen molar-refractivity contribution in [3.63, 3.8) is 0 Å². The van der Waals surface area contributed by atoms with Crippen molar-refractivity contribution in [1.82, 2.24) is 0 Å². The lowest BCUT2D eigenvalue weighted by molar-refractivity contribution is 0.00910. The first kappa shape index (κ1) is 8.05. The van der Waals surface area contributed by atoms with Crippen molar-refractivity contribution < 1.29 is 5.11 Å². The summed E-state index contributed by atoms with van der Waals surface area (Å²) in [5, 5.41) is 10.0. The minimum Gasteiger partial charge on any atom is -0.393 e. The van der Waals surface area contributed by atoms with Gasteiger partial charge in [-0.15, -0.1) is 0 Å². The molecule has 0 aromatic heterocycles. The molecule has 5 atom stereocenters. The van der Waals surface area contributed by atoms with Gasteiger partial charge in [0.05, 0.1) is 6.10 Å². The fourth-order valence-corrected chi connectivity index (χ4v) is 4.40. The molecule has 0 aliphatic heterocycles. The van der Waals surface area contributed by atoms with E-state index in [2.05, 4.69) is 19.9 Å². The van der Waals surface area contributed by atoms with Crippen LogP contribution in [0.25, 0.3) is 0 Å². The Labute approximate surface area is 79.8 Å². The summed E-state index contributed by atoms with van der Waals surface area (Å²) < 4.78 is 0. The summed E-state index contributed by atoms with van der Waals surface area (Å²) in [4.78, 5) is 0. The Hall–Kier alpha value is -0.300. The molecule has 5 unspecified atom stereocenters. The maximum absolute atomic E-state index is 10.0. The van der Waals surface area contributed by atoms with Gasteiger partial charge in [-0.25, -0.2) is 0 Å². The Morgan fingerprint density at radius 2 is 2.31 bits per heavy atom. The van der Waals surface area contributed by atoms with Crippen LogP contribution < -0.4 is 0 Å². The highest BCUT2D eigenvalue weighted by Crippen LogP contribution is 2.65. The molecule has 1 N–H and O–H groups in total. The number of aliphatic hydroxyl groups excluding tert-OH is 1. The summed E-state index contributed by atoms with van der Waals surface area (Å²) in [5.74, 6) is 2.41. The van der Waals surface area contributed by atoms with Crippen LogP contribution in [0.1, 0.15) is 33.1 Å². The lowest BCUT2D eigenvalue weighted by Crippen LogP contribution is -2.37. The first-order valence-corrected chi connectivity index (χ1v) is 5.47. The van der Waals surface area contributed by atoms with Gasteiger partial charge >= 0.3 is 0 Å². The summed E-state index contributed by atoms with van der Waals surface area (Å²) in [7, 11) is 0. The Morgan fingerprint density at radius 3 is 3.08 bits per heavy atom. The summed E-state index contributed by atoms with van der Waals surface area (Å²) in [6.07, 6.45) is 5.99. The molecular weight excluding hydrogens is 160 g/mol. The summed E-state index contributed by atoms with van der Waals surface area (Å²) >= 11 is 0. The molecule has 3 aliphatic rings. The van der Waals surface area contributed by atoms with E-state index < -0.39 is 0 Å². The standard InChI is InChI=1S/C12H18O/c1-7-3-4-9-8-5-10(13)12(2,6-8)11(7)9/h3,8-11,13H,4-6H2,1-2H3. The Bertz CT molecular complexity index is 281. The second kappa shape index (κ2) is 2.20. The Balaban J connectivity index is 2.03. The second-order valence-corrected chi connectivity index (χ2v) is 5.55. The number of hydrogen-bond donors (Lipinski definition) is 1. The molecule has 13 heavy (non-hydrogen) atoms. The predicted molar refractivity (Wildman–Crippen MR) is 52.2 cm³/mol. The third-order valence-corrected chi connectivity index (χ3v) is 4.94. The number of rotatable bonds is 0. The van der Waals surface area contributed by atoms with Gasteiger partial charge in [0.15, 0.2) is 0 Å². The van der Waals surface area contributed by atoms with Crippen LogP contribution in [0.3, 0.4) is 0 Å². The van der Waals surface area contributed by atoms with Crippen molar-refractivity contribution in [2.24, 2.45) is 23.2 Å². The molecule has 1 heteroatoms. The average molecular weight is 178 g/mol. The van der Waals surface area contributed by atoms with Crippen LogP contribution in [-0.2, 0) is 0 Å². The van der Waals surface area contributed by atoms with Gasteiger partial charge < -0.3 is 5.11 Å². The predicted octanol–water partition coefficient (Wildman–Crippen LogP) is 2.36. The molecule has 3 rings (SSSR count). The zero-order chi connectivity index (χ0) is 9.22. The van der Waals surface area contributed by atoms with Crippen molar-refractivity contribution in [1.29, 1.82) is 0 Å². The monoisotopic (exact) mass is 178 g/mol. The van der Waals surface area contributed by atoms with Gasteiger partial charge in [0.1, 0.15) is 0 Å². The average Bonchev–Trinajstić information content (AvgIpc) is 2.63. The molecule has 0 heterocycles. The number of hydrogen-bond acceptors (Lipinski definition) is 1. The lowest BCUT2D eigenvalue weighted by Gasteiger charge is -2.38. The molecule has 1 nitrogen and oxygen atoms in total. The largest absolute Gasteiger partial charge is 0.393 e. The van der Waals surface area contributed by atoms with Gasteiger partial charge in [-0.3, -0.25) is 0 Å². The van der Waals surface area contributed by atoms with Crippen LogP contribution in [0.15, 0.2) is 11.6 Å². The molecule has 72 valence electrons. The number of allylic oxidation sites excluding steroid dienone is 2. The zero-order valence-electron chi connectivity index (χ0n) is 8.46. The van der Waals surface area contributed by atoms with Crippen molar-refractivity contribution in [2.75, 3.05) is 0 Å². The van der Waals surface area contributed by atoms with Gasteiger partial charge in [0.2, 0.25) is 0 Å². The van der Waals surface area contributed by atoms with Crippen molar-refractivity contribution in [3.8, 4) is 0 Å². The molecule has 0 aromatic rings. The molecule has 3 aliphatic carbocycles. The van der Waals surface area contributed by atoms with Crippen LogP contribution in [0.4, 0.5) is 0 Å². The molecule has 2 fully saturated rings. The number of fused-ring (bicyclic) bond motifs is 5. The minimum atomic E-state index is -0.0276. The summed E-state index contributed by atoms with van der Waals surface area (Å²) in [6.45, 7) is 4.55. The molecule has 0 spiro atoms. The quantitative estimate of drug-likeness (QED) is 0.565. The van der Waals surface area contributed by atoms with Crippen LogP contribution in [0.5, 0.6) is 0 Å². The third kappa shape index (κ3) is 0.775. The Kier molecular flexibility index (Phi) is 1.36. The fourth-order valence-electron chi connectivity index (χ4n) is 4.40. The van der Waals surface area contributed by atoms with E-state index in [1.807, 2.05) is 0 Å². The molecule has 0 amide bonds. The smallest absolute Gasteiger partial charge is 0.0602 e. The topological polar surface area (TPSA) is 20.2 Å². The molecule has 0 saturated heterocycles. The Morgan fingerprint density at radius 1 is 1.54 bits per heavy atom. The normalized spacial score (nSPS) is 58.2. The number of aliphatic hydroxyl groups is 1. The van der Waals surface area contributed by atoms with Crippen molar-refractivity contribution in [3.05, 3.63) is 11.6 Å². The first-order chi connectivity index (χ1) is 6.13. The van der Waals surface area contributed by atoms with E-state index in [1.165, 1.54) is 12.8 Å². The molecule has 2 saturated carbocycles. The van der Waals surface area contributed by atoms with Crippen LogP contribution in [0.2, 0.25) is 0 Å². The highest BCUT2D eigenvalue weighted by atomic mass is 16.3. The van der Waals surface area contributed by atoms with E-state index in [0.717, 1.165) is 18.3 Å². The molecular formula is C12H18O. The van der Waals surface area contributed by atoms with Gasteiger partial charge in [-0.1, -0.05) is 18.6 Å². The van der Waals surface area contributed by atoms with Crippen LogP contribution in [0, 0.1) is 23.2 Å². The summed E-state index contributed by atoms with van der Waals surface area (Å²) in [6, 6.07) is 0. The lowest BCUT2D eigenvalue weighted by atomic mass is 9.69. The van der Waals surface area contributed by atoms with Crippen molar-refractivity contribution >= 4 is 0 Å². The SMILES string of the molecule is CC1=CCC2C3CC(O)C(C)(C3)C12. The third-order valence-electron chi connectivity index (χ3n) is 4.94. The fraction of sp³-hybridized carbons (Fsp3) is 0.833. The highest BCUT2D eigenvalue weighted by molar-refractivity contribution is 5.25. The van der Waals surface area contributed by atoms with E-state index in [9.17, 15) is 5.11 Å². The van der Waals surface area contributed by atoms with E-state index in [4.69, 9.17) is 0 Å². The molecule has 0 radical (unpaired) electrons. The second-order valence-electron chi connectivity index (χ2n) is 5.55. The van der Waals surface area contributed by atoms with Gasteiger partial charge in [-0.2, -0.15) is 0 Å². The first-order valence-electron chi connectivity index (χ1n) is 5.47. The van der Waals surface area contributed by atoms with Crippen molar-refractivity contribution in [2.45, 2.75) is 39.2 Å². The van der Waals surface area contributed by atoms with E-state index in [1.54, 1.807) is 5.57 Å². The van der Waals surface area contributed by atoms with Gasteiger partial charge in [0.25, 0.3) is 0 Å². The zero-order valence-corrected chi connectivity index (χ0v) is 8.46. The molecule has 0 aromatic carbocycles. The minimum absolute atomic E-state index is 0.0276. The van der Waals surface area contributed by atoms with E-state index in [0.29, 0.717) is 5.92 Å². The maximum Gasteiger partial charge on any atom is 0.0602 e.